The van der Waals surface area contributed by atoms with Crippen LogP contribution in [0.15, 0.2) is 24.3 Å². The van der Waals surface area contributed by atoms with Crippen molar-refractivity contribution in [3.63, 3.8) is 0 Å². The van der Waals surface area contributed by atoms with Gasteiger partial charge in [0, 0.05) is 13.1 Å². The SMILES string of the molecule is CNC(=O)[C@@H](C)NC(C)CCc1ccc(O)cc1. The number of nitrogens with one attached hydrogen (secondary N) is 2. The van der Waals surface area contributed by atoms with Gasteiger partial charge in [0.2, 0.25) is 5.91 Å². The number of carbonyl (C=O) groups is 1. The fourth-order valence-electron chi connectivity index (χ4n) is 1.85. The van der Waals surface area contributed by atoms with E-state index < -0.39 is 0 Å². The number of phenolic OH excluding ortho intramolecular Hbond substituents is 1. The average molecular weight is 250 g/mol. The van der Waals surface area contributed by atoms with Crippen LogP contribution in [0.5, 0.6) is 5.75 Å². The largest absolute Gasteiger partial charge is 0.508 e. The van der Waals surface area contributed by atoms with Crippen molar-refractivity contribution in [1.82, 2.24) is 10.6 Å². The smallest absolute Gasteiger partial charge is 0.236 e. The Morgan fingerprint density at radius 1 is 1.28 bits per heavy atom. The van der Waals surface area contributed by atoms with Gasteiger partial charge in [0.25, 0.3) is 0 Å². The van der Waals surface area contributed by atoms with Crippen molar-refractivity contribution in [2.24, 2.45) is 0 Å². The second kappa shape index (κ2) is 7.01. The van der Waals surface area contributed by atoms with E-state index >= 15 is 0 Å². The molecule has 1 amide bonds. The molecule has 2 atom stereocenters. The topological polar surface area (TPSA) is 61.4 Å². The van der Waals surface area contributed by atoms with Crippen molar-refractivity contribution in [3.8, 4) is 5.75 Å². The van der Waals surface area contributed by atoms with E-state index in [0.29, 0.717) is 0 Å². The van der Waals surface area contributed by atoms with E-state index in [-0.39, 0.29) is 23.7 Å². The molecule has 0 aliphatic rings. The molecule has 0 aliphatic heterocycles. The highest BCUT2D eigenvalue weighted by molar-refractivity contribution is 5.80. The molecule has 4 heteroatoms. The molecule has 1 aromatic carbocycles. The number of hydrogen-bond donors (Lipinski definition) is 3. The van der Waals surface area contributed by atoms with Gasteiger partial charge >= 0.3 is 0 Å². The van der Waals surface area contributed by atoms with Crippen LogP contribution in [-0.2, 0) is 11.2 Å². The summed E-state index contributed by atoms with van der Waals surface area (Å²) < 4.78 is 0. The Bertz CT molecular complexity index is 376. The van der Waals surface area contributed by atoms with E-state index in [4.69, 9.17) is 0 Å². The van der Waals surface area contributed by atoms with Crippen molar-refractivity contribution in [2.75, 3.05) is 7.05 Å². The van der Waals surface area contributed by atoms with E-state index in [0.717, 1.165) is 12.8 Å². The van der Waals surface area contributed by atoms with Gasteiger partial charge in [0.15, 0.2) is 0 Å². The fraction of sp³-hybridized carbons (Fsp3) is 0.500. The second-order valence-corrected chi connectivity index (χ2v) is 4.61. The molecular weight excluding hydrogens is 228 g/mol. The Morgan fingerprint density at radius 3 is 2.44 bits per heavy atom. The van der Waals surface area contributed by atoms with Gasteiger partial charge in [0.05, 0.1) is 6.04 Å². The van der Waals surface area contributed by atoms with Crippen molar-refractivity contribution in [1.29, 1.82) is 0 Å². The maximum Gasteiger partial charge on any atom is 0.236 e. The van der Waals surface area contributed by atoms with Crippen LogP contribution in [0.2, 0.25) is 0 Å². The predicted octanol–water partition coefficient (Wildman–Crippen LogP) is 1.44. The maximum atomic E-state index is 11.4. The minimum absolute atomic E-state index is 0.00600. The van der Waals surface area contributed by atoms with E-state index in [1.54, 1.807) is 19.2 Å². The van der Waals surface area contributed by atoms with Crippen LogP contribution < -0.4 is 10.6 Å². The first-order valence-electron chi connectivity index (χ1n) is 6.28. The molecule has 0 heterocycles. The summed E-state index contributed by atoms with van der Waals surface area (Å²) in [5.41, 5.74) is 1.19. The number of amides is 1. The number of aryl methyl sites for hydroxylation is 1. The van der Waals surface area contributed by atoms with Gasteiger partial charge in [-0.1, -0.05) is 12.1 Å². The van der Waals surface area contributed by atoms with Crippen molar-refractivity contribution in [2.45, 2.75) is 38.8 Å². The normalized spacial score (nSPS) is 13.9. The highest BCUT2D eigenvalue weighted by Gasteiger charge is 2.13. The highest BCUT2D eigenvalue weighted by atomic mass is 16.3. The molecule has 4 nitrogen and oxygen atoms in total. The monoisotopic (exact) mass is 250 g/mol. The average Bonchev–Trinajstić information content (AvgIpc) is 2.37. The minimum Gasteiger partial charge on any atom is -0.508 e. The quantitative estimate of drug-likeness (QED) is 0.716. The maximum absolute atomic E-state index is 11.4. The van der Waals surface area contributed by atoms with Crippen LogP contribution in [0.25, 0.3) is 0 Å². The molecule has 1 unspecified atom stereocenters. The van der Waals surface area contributed by atoms with Crippen molar-refractivity contribution >= 4 is 5.91 Å². The summed E-state index contributed by atoms with van der Waals surface area (Å²) in [4.78, 5) is 11.4. The standard InChI is InChI=1S/C14H22N2O2/c1-10(16-11(2)14(18)15-3)4-5-12-6-8-13(17)9-7-12/h6-11,16-17H,4-5H2,1-3H3,(H,15,18)/t10?,11-/m1/s1. The first kappa shape index (κ1) is 14.5. The Morgan fingerprint density at radius 2 is 1.89 bits per heavy atom. The molecule has 0 fully saturated rings. The summed E-state index contributed by atoms with van der Waals surface area (Å²) in [6, 6.07) is 7.33. The first-order chi connectivity index (χ1) is 8.52. The van der Waals surface area contributed by atoms with Crippen LogP contribution in [0, 0.1) is 0 Å². The Balaban J connectivity index is 2.34. The van der Waals surface area contributed by atoms with Crippen LogP contribution in [0.4, 0.5) is 0 Å². The second-order valence-electron chi connectivity index (χ2n) is 4.61. The molecular formula is C14H22N2O2. The van der Waals surface area contributed by atoms with Gasteiger partial charge in [-0.05, 0) is 44.4 Å². The van der Waals surface area contributed by atoms with E-state index in [1.807, 2.05) is 19.1 Å². The van der Waals surface area contributed by atoms with Gasteiger partial charge in [-0.15, -0.1) is 0 Å². The third kappa shape index (κ3) is 4.75. The summed E-state index contributed by atoms with van der Waals surface area (Å²) in [5.74, 6) is 0.296. The molecule has 0 aromatic heterocycles. The Labute approximate surface area is 108 Å². The first-order valence-corrected chi connectivity index (χ1v) is 6.28. The molecule has 1 rings (SSSR count). The molecule has 0 bridgehead atoms. The van der Waals surface area contributed by atoms with Crippen molar-refractivity contribution < 1.29 is 9.90 Å². The number of aromatic hydroxyl groups is 1. The lowest BCUT2D eigenvalue weighted by atomic mass is 10.1. The lowest BCUT2D eigenvalue weighted by molar-refractivity contribution is -0.122. The van der Waals surface area contributed by atoms with Gasteiger partial charge in [-0.3, -0.25) is 4.79 Å². The molecule has 18 heavy (non-hydrogen) atoms. The molecule has 1 aromatic rings. The third-order valence-corrected chi connectivity index (χ3v) is 2.98. The summed E-state index contributed by atoms with van der Waals surface area (Å²) in [5, 5.41) is 15.1. The molecule has 0 spiro atoms. The van der Waals surface area contributed by atoms with E-state index in [9.17, 15) is 9.90 Å². The number of carbonyl (C=O) groups excluding carboxylic acids is 1. The van der Waals surface area contributed by atoms with Crippen LogP contribution in [0.1, 0.15) is 25.8 Å². The molecule has 0 aliphatic carbocycles. The predicted molar refractivity (Wildman–Crippen MR) is 72.6 cm³/mol. The zero-order chi connectivity index (χ0) is 13.5. The number of benzene rings is 1. The number of hydrogen-bond acceptors (Lipinski definition) is 3. The molecule has 0 saturated carbocycles. The van der Waals surface area contributed by atoms with E-state index in [2.05, 4.69) is 17.6 Å². The molecule has 3 N–H and O–H groups in total. The Hall–Kier alpha value is -1.55. The van der Waals surface area contributed by atoms with Gasteiger partial charge in [-0.2, -0.15) is 0 Å². The fourth-order valence-corrected chi connectivity index (χ4v) is 1.85. The molecule has 0 saturated heterocycles. The molecule has 0 radical (unpaired) electrons. The van der Waals surface area contributed by atoms with Gasteiger partial charge < -0.3 is 15.7 Å². The van der Waals surface area contributed by atoms with Gasteiger partial charge in [0.1, 0.15) is 5.75 Å². The third-order valence-electron chi connectivity index (χ3n) is 2.98. The lowest BCUT2D eigenvalue weighted by Crippen LogP contribution is -2.44. The van der Waals surface area contributed by atoms with Crippen LogP contribution in [-0.4, -0.2) is 30.1 Å². The van der Waals surface area contributed by atoms with Crippen LogP contribution in [0.3, 0.4) is 0 Å². The van der Waals surface area contributed by atoms with Crippen molar-refractivity contribution in [3.05, 3.63) is 29.8 Å². The lowest BCUT2D eigenvalue weighted by Gasteiger charge is -2.18. The zero-order valence-electron chi connectivity index (χ0n) is 11.2. The van der Waals surface area contributed by atoms with Crippen LogP contribution >= 0.6 is 0 Å². The zero-order valence-corrected chi connectivity index (χ0v) is 11.2. The number of likely N-dealkylation sites (N-methyl/N-ethyl adjacent to an activating group) is 1. The van der Waals surface area contributed by atoms with E-state index in [1.165, 1.54) is 5.56 Å². The summed E-state index contributed by atoms with van der Waals surface area (Å²) in [6.45, 7) is 3.93. The molecule has 100 valence electrons. The highest BCUT2D eigenvalue weighted by Crippen LogP contribution is 2.12. The Kier molecular flexibility index (Phi) is 5.65. The number of phenols is 1. The van der Waals surface area contributed by atoms with Gasteiger partial charge in [-0.25, -0.2) is 0 Å². The minimum atomic E-state index is -0.176. The summed E-state index contributed by atoms with van der Waals surface area (Å²) in [6.07, 6.45) is 1.88. The number of rotatable bonds is 6. The summed E-state index contributed by atoms with van der Waals surface area (Å²) >= 11 is 0. The summed E-state index contributed by atoms with van der Waals surface area (Å²) in [7, 11) is 1.64.